The van der Waals surface area contributed by atoms with Crippen LogP contribution in [0.2, 0.25) is 0 Å². The van der Waals surface area contributed by atoms with E-state index >= 15 is 0 Å². The third kappa shape index (κ3) is 2.30. The molecule has 0 bridgehead atoms. The van der Waals surface area contributed by atoms with Crippen molar-refractivity contribution in [3.8, 4) is 0 Å². The molecule has 1 saturated carbocycles. The van der Waals surface area contributed by atoms with Crippen LogP contribution in [0.5, 0.6) is 0 Å². The van der Waals surface area contributed by atoms with Crippen LogP contribution in [-0.4, -0.2) is 20.6 Å². The monoisotopic (exact) mass is 272 g/mol. The Labute approximate surface area is 118 Å². The second-order valence-corrected chi connectivity index (χ2v) is 5.82. The number of imidazole rings is 1. The van der Waals surface area contributed by atoms with Crippen LogP contribution in [-0.2, 0) is 13.0 Å². The number of aromatic carboxylic acids is 1. The standard InChI is InChI=1S/C16H20N2O2/c1-3-15-17-13-7-6-12(16(19)20)8-14(13)18(15)9-10(2)11-4-5-11/h6-8,10-11H,3-5,9H2,1-2H3,(H,19,20). The van der Waals surface area contributed by atoms with Gasteiger partial charge in [-0.25, -0.2) is 9.78 Å². The lowest BCUT2D eigenvalue weighted by atomic mass is 10.1. The molecule has 0 radical (unpaired) electrons. The zero-order valence-corrected chi connectivity index (χ0v) is 12.0. The predicted octanol–water partition coefficient (Wildman–Crippen LogP) is 3.34. The van der Waals surface area contributed by atoms with Crippen molar-refractivity contribution in [1.29, 1.82) is 0 Å². The summed E-state index contributed by atoms with van der Waals surface area (Å²) in [5.74, 6) is 1.63. The van der Waals surface area contributed by atoms with E-state index in [1.54, 1.807) is 12.1 Å². The Morgan fingerprint density at radius 2 is 2.25 bits per heavy atom. The number of fused-ring (bicyclic) bond motifs is 1. The molecule has 1 atom stereocenters. The van der Waals surface area contributed by atoms with Gasteiger partial charge >= 0.3 is 5.97 Å². The molecule has 20 heavy (non-hydrogen) atoms. The molecule has 2 aromatic rings. The van der Waals surface area contributed by atoms with Crippen molar-refractivity contribution < 1.29 is 9.90 Å². The summed E-state index contributed by atoms with van der Waals surface area (Å²) in [6, 6.07) is 5.20. The molecule has 1 heterocycles. The number of carboxylic acids is 1. The highest BCUT2D eigenvalue weighted by molar-refractivity contribution is 5.92. The summed E-state index contributed by atoms with van der Waals surface area (Å²) < 4.78 is 2.21. The zero-order valence-electron chi connectivity index (χ0n) is 12.0. The van der Waals surface area contributed by atoms with Gasteiger partial charge in [0.15, 0.2) is 0 Å². The summed E-state index contributed by atoms with van der Waals surface area (Å²) >= 11 is 0. The van der Waals surface area contributed by atoms with Crippen molar-refractivity contribution in [2.24, 2.45) is 11.8 Å². The number of rotatable bonds is 5. The maximum Gasteiger partial charge on any atom is 0.335 e. The quantitative estimate of drug-likeness (QED) is 0.908. The molecule has 1 N–H and O–H groups in total. The molecule has 1 aliphatic rings. The van der Waals surface area contributed by atoms with Gasteiger partial charge in [0.25, 0.3) is 0 Å². The minimum atomic E-state index is -0.882. The van der Waals surface area contributed by atoms with E-state index in [4.69, 9.17) is 5.11 Å². The Hall–Kier alpha value is -1.84. The molecular formula is C16H20N2O2. The van der Waals surface area contributed by atoms with Crippen molar-refractivity contribution in [1.82, 2.24) is 9.55 Å². The van der Waals surface area contributed by atoms with Gasteiger partial charge in [0.05, 0.1) is 16.6 Å². The van der Waals surface area contributed by atoms with E-state index in [0.717, 1.165) is 35.7 Å². The number of hydrogen-bond donors (Lipinski definition) is 1. The molecule has 3 rings (SSSR count). The first kappa shape index (κ1) is 13.2. The van der Waals surface area contributed by atoms with Crippen LogP contribution >= 0.6 is 0 Å². The van der Waals surface area contributed by atoms with Crippen molar-refractivity contribution in [2.75, 3.05) is 0 Å². The van der Waals surface area contributed by atoms with Gasteiger partial charge < -0.3 is 9.67 Å². The van der Waals surface area contributed by atoms with E-state index in [1.807, 2.05) is 6.07 Å². The van der Waals surface area contributed by atoms with Gasteiger partial charge in [-0.1, -0.05) is 13.8 Å². The zero-order chi connectivity index (χ0) is 14.3. The van der Waals surface area contributed by atoms with Gasteiger partial charge in [-0.2, -0.15) is 0 Å². The number of hydrogen-bond acceptors (Lipinski definition) is 2. The van der Waals surface area contributed by atoms with Gasteiger partial charge in [-0.05, 0) is 42.9 Å². The number of aryl methyl sites for hydroxylation is 1. The maximum absolute atomic E-state index is 11.1. The lowest BCUT2D eigenvalue weighted by Crippen LogP contribution is -2.12. The first-order valence-electron chi connectivity index (χ1n) is 7.32. The van der Waals surface area contributed by atoms with Crippen LogP contribution in [0.15, 0.2) is 18.2 Å². The number of nitrogens with zero attached hydrogens (tertiary/aromatic N) is 2. The van der Waals surface area contributed by atoms with Crippen LogP contribution < -0.4 is 0 Å². The lowest BCUT2D eigenvalue weighted by Gasteiger charge is -2.14. The predicted molar refractivity (Wildman–Crippen MR) is 78.0 cm³/mol. The van der Waals surface area contributed by atoms with E-state index in [1.165, 1.54) is 12.8 Å². The average Bonchev–Trinajstić information content (AvgIpc) is 3.22. The first-order chi connectivity index (χ1) is 9.60. The highest BCUT2D eigenvalue weighted by Crippen LogP contribution is 2.38. The van der Waals surface area contributed by atoms with Crippen LogP contribution in [0.1, 0.15) is 42.9 Å². The Morgan fingerprint density at radius 3 is 2.85 bits per heavy atom. The summed E-state index contributed by atoms with van der Waals surface area (Å²) in [6.07, 6.45) is 3.53. The molecule has 1 aromatic carbocycles. The molecule has 0 saturated heterocycles. The topological polar surface area (TPSA) is 55.1 Å². The third-order valence-corrected chi connectivity index (χ3v) is 4.29. The van der Waals surface area contributed by atoms with Crippen LogP contribution in [0, 0.1) is 11.8 Å². The van der Waals surface area contributed by atoms with Crippen LogP contribution in [0.4, 0.5) is 0 Å². The maximum atomic E-state index is 11.1. The van der Waals surface area contributed by atoms with Crippen LogP contribution in [0.25, 0.3) is 11.0 Å². The molecule has 1 aromatic heterocycles. The Bertz CT molecular complexity index is 656. The summed E-state index contributed by atoms with van der Waals surface area (Å²) in [4.78, 5) is 15.8. The van der Waals surface area contributed by atoms with Crippen LogP contribution in [0.3, 0.4) is 0 Å². The van der Waals surface area contributed by atoms with Crippen molar-refractivity contribution >= 4 is 17.0 Å². The number of carboxylic acid groups (broad SMARTS) is 1. The highest BCUT2D eigenvalue weighted by atomic mass is 16.4. The third-order valence-electron chi connectivity index (χ3n) is 4.29. The molecule has 1 unspecified atom stereocenters. The smallest absolute Gasteiger partial charge is 0.335 e. The fraction of sp³-hybridized carbons (Fsp3) is 0.500. The summed E-state index contributed by atoms with van der Waals surface area (Å²) in [5.41, 5.74) is 2.18. The van der Waals surface area contributed by atoms with E-state index in [0.29, 0.717) is 11.5 Å². The number of carbonyl (C=O) groups is 1. The summed E-state index contributed by atoms with van der Waals surface area (Å²) in [7, 11) is 0. The summed E-state index contributed by atoms with van der Waals surface area (Å²) in [6.45, 7) is 5.31. The molecule has 106 valence electrons. The van der Waals surface area contributed by atoms with E-state index in [-0.39, 0.29) is 0 Å². The lowest BCUT2D eigenvalue weighted by molar-refractivity contribution is 0.0697. The second-order valence-electron chi connectivity index (χ2n) is 5.82. The molecule has 4 heteroatoms. The second kappa shape index (κ2) is 4.93. The van der Waals surface area contributed by atoms with Crippen molar-refractivity contribution in [2.45, 2.75) is 39.7 Å². The first-order valence-corrected chi connectivity index (χ1v) is 7.32. The van der Waals surface area contributed by atoms with Gasteiger partial charge in [-0.3, -0.25) is 0 Å². The fourth-order valence-electron chi connectivity index (χ4n) is 2.88. The van der Waals surface area contributed by atoms with Crippen molar-refractivity contribution in [3.63, 3.8) is 0 Å². The van der Waals surface area contributed by atoms with Gasteiger partial charge in [-0.15, -0.1) is 0 Å². The van der Waals surface area contributed by atoms with Crippen molar-refractivity contribution in [3.05, 3.63) is 29.6 Å². The highest BCUT2D eigenvalue weighted by Gasteiger charge is 2.28. The molecule has 4 nitrogen and oxygen atoms in total. The van der Waals surface area contributed by atoms with E-state index in [9.17, 15) is 4.79 Å². The summed E-state index contributed by atoms with van der Waals surface area (Å²) in [5, 5.41) is 9.15. The molecular weight excluding hydrogens is 252 g/mol. The van der Waals surface area contributed by atoms with E-state index < -0.39 is 5.97 Å². The fourth-order valence-corrected chi connectivity index (χ4v) is 2.88. The van der Waals surface area contributed by atoms with Gasteiger partial charge in [0, 0.05) is 13.0 Å². The molecule has 1 aliphatic carbocycles. The number of aromatic nitrogens is 2. The molecule has 0 aliphatic heterocycles. The molecule has 1 fully saturated rings. The SMILES string of the molecule is CCc1nc2ccc(C(=O)O)cc2n1CC(C)C1CC1. The average molecular weight is 272 g/mol. The van der Waals surface area contributed by atoms with Gasteiger partial charge in [0.2, 0.25) is 0 Å². The number of benzene rings is 1. The van der Waals surface area contributed by atoms with Gasteiger partial charge in [0.1, 0.15) is 5.82 Å². The normalized spacial score (nSPS) is 16.5. The molecule has 0 spiro atoms. The Kier molecular flexibility index (Phi) is 3.24. The molecule has 0 amide bonds. The minimum Gasteiger partial charge on any atom is -0.478 e. The minimum absolute atomic E-state index is 0.334. The Morgan fingerprint density at radius 1 is 1.50 bits per heavy atom. The largest absolute Gasteiger partial charge is 0.478 e. The Balaban J connectivity index is 2.05. The van der Waals surface area contributed by atoms with E-state index in [2.05, 4.69) is 23.4 Å².